The van der Waals surface area contributed by atoms with E-state index in [1.807, 2.05) is 0 Å². The summed E-state index contributed by atoms with van der Waals surface area (Å²) in [5, 5.41) is 0. The molecular formula is C34H32S4. The van der Waals surface area contributed by atoms with Crippen LogP contribution in [0.2, 0.25) is 0 Å². The third-order valence-corrected chi connectivity index (χ3v) is 11.2. The zero-order valence-corrected chi connectivity index (χ0v) is 24.8. The second-order valence-corrected chi connectivity index (χ2v) is 14.4. The van der Waals surface area contributed by atoms with E-state index < -0.39 is 0 Å². The molecule has 4 heteroatoms. The van der Waals surface area contributed by atoms with Crippen molar-refractivity contribution < 1.29 is 0 Å². The summed E-state index contributed by atoms with van der Waals surface area (Å²) in [6.45, 7) is 0. The number of benzene rings is 4. The fourth-order valence-corrected chi connectivity index (χ4v) is 9.72. The Labute approximate surface area is 248 Å². The first kappa shape index (κ1) is 25.3. The lowest BCUT2D eigenvalue weighted by Gasteiger charge is -2.71. The van der Waals surface area contributed by atoms with Gasteiger partial charge in [-0.2, -0.15) is 0 Å². The first-order valence-corrected chi connectivity index (χ1v) is 15.2. The molecule has 0 aliphatic heterocycles. The Morgan fingerprint density at radius 3 is 0.605 bits per heavy atom. The van der Waals surface area contributed by atoms with E-state index in [2.05, 4.69) is 148 Å². The molecule has 0 unspecified atom stereocenters. The first-order valence-electron chi connectivity index (χ1n) is 13.4. The average molecular weight is 569 g/mol. The van der Waals surface area contributed by atoms with Gasteiger partial charge in [0.1, 0.15) is 0 Å². The van der Waals surface area contributed by atoms with Gasteiger partial charge >= 0.3 is 0 Å². The molecule has 4 bridgehead atoms. The van der Waals surface area contributed by atoms with Gasteiger partial charge in [-0.25, -0.2) is 0 Å². The molecule has 4 saturated carbocycles. The molecule has 0 spiro atoms. The first-order chi connectivity index (χ1) is 18.2. The SMILES string of the molecule is Sc1ccc(C23CC4(c5ccc(S)cc5)CC(c5ccc(S)cc5)(C2)CC(c2ccc(S)cc2)(C3)C4)cc1. The predicted molar refractivity (Wildman–Crippen MR) is 169 cm³/mol. The largest absolute Gasteiger partial charge is 0.143 e. The fraction of sp³-hybridized carbons (Fsp3) is 0.294. The van der Waals surface area contributed by atoms with Gasteiger partial charge in [-0.1, -0.05) is 48.5 Å². The molecular weight excluding hydrogens is 537 g/mol. The maximum atomic E-state index is 4.64. The topological polar surface area (TPSA) is 0 Å². The van der Waals surface area contributed by atoms with E-state index in [4.69, 9.17) is 0 Å². The van der Waals surface area contributed by atoms with Crippen molar-refractivity contribution in [1.29, 1.82) is 0 Å². The van der Waals surface area contributed by atoms with E-state index >= 15 is 0 Å². The Kier molecular flexibility index (Phi) is 5.91. The molecule has 8 rings (SSSR count). The van der Waals surface area contributed by atoms with Crippen molar-refractivity contribution in [2.75, 3.05) is 0 Å². The minimum Gasteiger partial charge on any atom is -0.143 e. The van der Waals surface area contributed by atoms with Crippen LogP contribution >= 0.6 is 50.5 Å². The Hall–Kier alpha value is -1.72. The van der Waals surface area contributed by atoms with Crippen molar-refractivity contribution in [3.63, 3.8) is 0 Å². The van der Waals surface area contributed by atoms with Gasteiger partial charge in [-0.3, -0.25) is 0 Å². The predicted octanol–water partition coefficient (Wildman–Crippen LogP) is 9.27. The summed E-state index contributed by atoms with van der Waals surface area (Å²) in [5.74, 6) is 0. The highest BCUT2D eigenvalue weighted by Crippen LogP contribution is 2.74. The van der Waals surface area contributed by atoms with Crippen LogP contribution in [0.25, 0.3) is 0 Å². The van der Waals surface area contributed by atoms with Crippen LogP contribution in [0, 0.1) is 0 Å². The van der Waals surface area contributed by atoms with Crippen molar-refractivity contribution in [1.82, 2.24) is 0 Å². The van der Waals surface area contributed by atoms with Gasteiger partial charge in [0, 0.05) is 19.6 Å². The second kappa shape index (κ2) is 8.89. The molecule has 4 aliphatic rings. The van der Waals surface area contributed by atoms with Crippen LogP contribution < -0.4 is 0 Å². The summed E-state index contributed by atoms with van der Waals surface area (Å²) in [6.07, 6.45) is 7.06. The van der Waals surface area contributed by atoms with Gasteiger partial charge in [0.05, 0.1) is 0 Å². The Balaban J connectivity index is 1.51. The normalized spacial score (nSPS) is 31.5. The fourth-order valence-electron chi connectivity index (χ4n) is 9.12. The van der Waals surface area contributed by atoms with Crippen molar-refractivity contribution in [3.05, 3.63) is 119 Å². The third kappa shape index (κ3) is 3.93. The molecule has 192 valence electrons. The van der Waals surface area contributed by atoms with E-state index in [9.17, 15) is 0 Å². The molecule has 0 radical (unpaired) electrons. The molecule has 4 aliphatic carbocycles. The van der Waals surface area contributed by atoms with Gasteiger partial charge < -0.3 is 0 Å². The highest BCUT2D eigenvalue weighted by atomic mass is 32.1. The third-order valence-electron chi connectivity index (χ3n) is 9.98. The van der Waals surface area contributed by atoms with Gasteiger partial charge in [-0.15, -0.1) is 50.5 Å². The van der Waals surface area contributed by atoms with Gasteiger partial charge in [-0.05, 0) is 131 Å². The molecule has 4 aromatic carbocycles. The van der Waals surface area contributed by atoms with E-state index in [-0.39, 0.29) is 21.7 Å². The Bertz CT molecular complexity index is 1220. The molecule has 0 aromatic heterocycles. The lowest BCUT2D eigenvalue weighted by Crippen LogP contribution is -2.67. The summed E-state index contributed by atoms with van der Waals surface area (Å²) >= 11 is 18.6. The van der Waals surface area contributed by atoms with E-state index in [0.29, 0.717) is 0 Å². The number of thiol groups is 4. The summed E-state index contributed by atoms with van der Waals surface area (Å²) in [5.41, 5.74) is 6.18. The van der Waals surface area contributed by atoms with Crippen LogP contribution in [0.5, 0.6) is 0 Å². The summed E-state index contributed by atoms with van der Waals surface area (Å²) < 4.78 is 0. The summed E-state index contributed by atoms with van der Waals surface area (Å²) in [6, 6.07) is 36.3. The van der Waals surface area contributed by atoms with Crippen molar-refractivity contribution >= 4 is 50.5 Å². The molecule has 4 aromatic rings. The number of rotatable bonds is 4. The van der Waals surface area contributed by atoms with Gasteiger partial charge in [0.2, 0.25) is 0 Å². The molecule has 0 saturated heterocycles. The molecule has 0 atom stereocenters. The molecule has 4 fully saturated rings. The summed E-state index contributed by atoms with van der Waals surface area (Å²) in [4.78, 5) is 4.10. The summed E-state index contributed by atoms with van der Waals surface area (Å²) in [7, 11) is 0. The van der Waals surface area contributed by atoms with Crippen LogP contribution in [-0.2, 0) is 21.7 Å². The van der Waals surface area contributed by atoms with Crippen LogP contribution in [0.4, 0.5) is 0 Å². The van der Waals surface area contributed by atoms with Crippen LogP contribution in [0.15, 0.2) is 117 Å². The standard InChI is InChI=1S/C34H32S4/c35-27-9-1-23(2-10-27)31-17-32(24-3-11-28(36)12-4-24)20-33(18-31,25-5-13-29(37)14-6-25)22-34(19-31,21-32)26-7-15-30(38)16-8-26/h1-16,35-38H,17-22H2. The monoisotopic (exact) mass is 568 g/mol. The van der Waals surface area contributed by atoms with Crippen molar-refractivity contribution in [2.45, 2.75) is 79.8 Å². The van der Waals surface area contributed by atoms with E-state index in [0.717, 1.165) is 19.6 Å². The smallest absolute Gasteiger partial charge is 0.00401 e. The maximum absolute atomic E-state index is 4.64. The van der Waals surface area contributed by atoms with E-state index in [1.165, 1.54) is 60.8 Å². The Morgan fingerprint density at radius 1 is 0.289 bits per heavy atom. The van der Waals surface area contributed by atoms with Crippen LogP contribution in [0.1, 0.15) is 60.8 Å². The minimum atomic E-state index is 0.0785. The van der Waals surface area contributed by atoms with Gasteiger partial charge in [0.15, 0.2) is 0 Å². The lowest BCUT2D eigenvalue weighted by atomic mass is 9.32. The van der Waals surface area contributed by atoms with Crippen molar-refractivity contribution in [2.24, 2.45) is 0 Å². The van der Waals surface area contributed by atoms with Gasteiger partial charge in [0.25, 0.3) is 0 Å². The average Bonchev–Trinajstić information content (AvgIpc) is 2.89. The minimum absolute atomic E-state index is 0.0785. The molecule has 0 heterocycles. The zero-order valence-electron chi connectivity index (χ0n) is 21.3. The molecule has 0 N–H and O–H groups in total. The zero-order chi connectivity index (χ0) is 26.2. The highest BCUT2D eigenvalue weighted by molar-refractivity contribution is 7.80. The second-order valence-electron chi connectivity index (χ2n) is 12.4. The number of hydrogen-bond acceptors (Lipinski definition) is 4. The molecule has 0 amide bonds. The lowest BCUT2D eigenvalue weighted by molar-refractivity contribution is -0.0692. The highest BCUT2D eigenvalue weighted by Gasteiger charge is 2.69. The molecule has 38 heavy (non-hydrogen) atoms. The Morgan fingerprint density at radius 2 is 0.447 bits per heavy atom. The van der Waals surface area contributed by atoms with Crippen LogP contribution in [-0.4, -0.2) is 0 Å². The quantitative estimate of drug-likeness (QED) is 0.173. The van der Waals surface area contributed by atoms with Crippen molar-refractivity contribution in [3.8, 4) is 0 Å². The number of hydrogen-bond donors (Lipinski definition) is 4. The van der Waals surface area contributed by atoms with Crippen LogP contribution in [0.3, 0.4) is 0 Å². The molecule has 0 nitrogen and oxygen atoms in total. The van der Waals surface area contributed by atoms with E-state index in [1.54, 1.807) is 0 Å². The maximum Gasteiger partial charge on any atom is 0.00401 e.